The molecule has 0 amide bonds. The third-order valence-corrected chi connectivity index (χ3v) is 1.85. The number of hydrogen-bond acceptors (Lipinski definition) is 3. The van der Waals surface area contributed by atoms with Crippen LogP contribution in [0.25, 0.3) is 6.08 Å². The van der Waals surface area contributed by atoms with Crippen molar-refractivity contribution in [3.05, 3.63) is 35.4 Å². The fourth-order valence-electron chi connectivity index (χ4n) is 1.14. The molecule has 0 unspecified atom stereocenters. The number of carboxylic acid groups (broad SMARTS) is 1. The zero-order valence-corrected chi connectivity index (χ0v) is 8.01. The van der Waals surface area contributed by atoms with E-state index in [1.807, 2.05) is 0 Å². The minimum absolute atomic E-state index is 0.0857. The number of carboxylic acids is 1. The van der Waals surface area contributed by atoms with Crippen LogP contribution in [-0.2, 0) is 4.79 Å². The number of hydrogen-bond donors (Lipinski definition) is 2. The summed E-state index contributed by atoms with van der Waals surface area (Å²) < 4.78 is 0. The molecule has 1 rings (SSSR count). The van der Waals surface area contributed by atoms with Crippen molar-refractivity contribution in [2.45, 2.75) is 6.42 Å². The number of rotatable bonds is 4. The predicted molar refractivity (Wildman–Crippen MR) is 57.5 cm³/mol. The van der Waals surface area contributed by atoms with Gasteiger partial charge in [0.15, 0.2) is 0 Å². The highest BCUT2D eigenvalue weighted by Crippen LogP contribution is 2.15. The molecule has 1 aromatic rings. The van der Waals surface area contributed by atoms with Gasteiger partial charge in [0, 0.05) is 12.1 Å². The molecule has 0 aliphatic carbocycles. The lowest BCUT2D eigenvalue weighted by atomic mass is 10.1. The summed E-state index contributed by atoms with van der Waals surface area (Å²) in [6.45, 7) is 0. The van der Waals surface area contributed by atoms with E-state index in [2.05, 4.69) is 0 Å². The molecule has 0 saturated carbocycles. The first-order valence-corrected chi connectivity index (χ1v) is 4.38. The number of nitrogen functional groups attached to an aromatic ring is 1. The molecular formula is C11H11NO3. The van der Waals surface area contributed by atoms with Crippen LogP contribution in [0.4, 0.5) is 5.69 Å². The summed E-state index contributed by atoms with van der Waals surface area (Å²) in [6, 6.07) is 4.64. The fourth-order valence-corrected chi connectivity index (χ4v) is 1.14. The van der Waals surface area contributed by atoms with Crippen molar-refractivity contribution in [3.8, 4) is 0 Å². The lowest BCUT2D eigenvalue weighted by Gasteiger charge is -2.01. The molecule has 78 valence electrons. The smallest absolute Gasteiger partial charge is 0.337 e. The van der Waals surface area contributed by atoms with E-state index in [9.17, 15) is 9.59 Å². The van der Waals surface area contributed by atoms with E-state index in [0.717, 1.165) is 11.8 Å². The summed E-state index contributed by atoms with van der Waals surface area (Å²) in [5, 5.41) is 8.73. The van der Waals surface area contributed by atoms with Gasteiger partial charge in [-0.1, -0.05) is 18.2 Å². The Bertz CT molecular complexity index is 410. The number of carbonyl (C=O) groups excluding carboxylic acids is 1. The van der Waals surface area contributed by atoms with Crippen LogP contribution in [-0.4, -0.2) is 17.4 Å². The Morgan fingerprint density at radius 2 is 2.20 bits per heavy atom. The van der Waals surface area contributed by atoms with Crippen LogP contribution in [0.2, 0.25) is 0 Å². The van der Waals surface area contributed by atoms with Crippen LogP contribution < -0.4 is 5.73 Å². The van der Waals surface area contributed by atoms with Crippen molar-refractivity contribution in [2.24, 2.45) is 0 Å². The second kappa shape index (κ2) is 4.95. The first kappa shape index (κ1) is 11.0. The molecule has 4 nitrogen and oxygen atoms in total. The van der Waals surface area contributed by atoms with Crippen molar-refractivity contribution in [1.29, 1.82) is 0 Å². The van der Waals surface area contributed by atoms with Gasteiger partial charge >= 0.3 is 5.97 Å². The van der Waals surface area contributed by atoms with Crippen molar-refractivity contribution in [1.82, 2.24) is 0 Å². The van der Waals surface area contributed by atoms with Gasteiger partial charge in [-0.25, -0.2) is 4.79 Å². The van der Waals surface area contributed by atoms with Gasteiger partial charge in [-0.3, -0.25) is 0 Å². The summed E-state index contributed by atoms with van der Waals surface area (Å²) in [4.78, 5) is 20.7. The van der Waals surface area contributed by atoms with E-state index >= 15 is 0 Å². The molecule has 0 aromatic heterocycles. The number of benzene rings is 1. The van der Waals surface area contributed by atoms with E-state index < -0.39 is 5.97 Å². The number of aromatic carboxylic acids is 1. The van der Waals surface area contributed by atoms with E-state index in [4.69, 9.17) is 10.8 Å². The summed E-state index contributed by atoms with van der Waals surface area (Å²) in [7, 11) is 0. The molecule has 0 aliphatic heterocycles. The van der Waals surface area contributed by atoms with Gasteiger partial charge in [0.2, 0.25) is 0 Å². The van der Waals surface area contributed by atoms with Crippen LogP contribution in [0.5, 0.6) is 0 Å². The molecule has 4 heteroatoms. The van der Waals surface area contributed by atoms with E-state index in [1.165, 1.54) is 6.07 Å². The van der Waals surface area contributed by atoms with E-state index in [-0.39, 0.29) is 11.3 Å². The monoisotopic (exact) mass is 205 g/mol. The minimum atomic E-state index is -1.05. The molecule has 0 atom stereocenters. The number of carbonyl (C=O) groups is 2. The van der Waals surface area contributed by atoms with Gasteiger partial charge in [0.1, 0.15) is 6.29 Å². The number of aldehydes is 1. The van der Waals surface area contributed by atoms with Gasteiger partial charge in [0.05, 0.1) is 5.56 Å². The van der Waals surface area contributed by atoms with E-state index in [1.54, 1.807) is 24.3 Å². The highest BCUT2D eigenvalue weighted by Gasteiger charge is 2.06. The second-order valence-electron chi connectivity index (χ2n) is 2.96. The summed E-state index contributed by atoms with van der Waals surface area (Å²) in [5.41, 5.74) is 6.62. The van der Waals surface area contributed by atoms with Crippen LogP contribution in [0.1, 0.15) is 22.3 Å². The Morgan fingerprint density at radius 1 is 1.47 bits per heavy atom. The van der Waals surface area contributed by atoms with Gasteiger partial charge in [0.25, 0.3) is 0 Å². The van der Waals surface area contributed by atoms with Crippen LogP contribution in [0, 0.1) is 0 Å². The Morgan fingerprint density at radius 3 is 2.73 bits per heavy atom. The standard InChI is InChI=1S/C11H11NO3/c12-10-7-8(3-1-2-6-13)4-5-9(10)11(14)15/h1,3-7H,2,12H2,(H,14,15). The SMILES string of the molecule is Nc1cc(C=CCC=O)ccc1C(=O)O. The van der Waals surface area contributed by atoms with Gasteiger partial charge < -0.3 is 15.6 Å². The highest BCUT2D eigenvalue weighted by molar-refractivity contribution is 5.94. The number of anilines is 1. The van der Waals surface area contributed by atoms with Gasteiger partial charge in [-0.05, 0) is 17.7 Å². The Hall–Kier alpha value is -2.10. The first-order valence-electron chi connectivity index (χ1n) is 4.38. The summed E-state index contributed by atoms with van der Waals surface area (Å²) in [5.74, 6) is -1.05. The molecule has 0 aliphatic rings. The zero-order chi connectivity index (χ0) is 11.3. The number of allylic oxidation sites excluding steroid dienone is 1. The maximum absolute atomic E-state index is 10.6. The third kappa shape index (κ3) is 2.95. The Balaban J connectivity index is 2.91. The fraction of sp³-hybridized carbons (Fsp3) is 0.0909. The van der Waals surface area contributed by atoms with Crippen LogP contribution in [0.3, 0.4) is 0 Å². The van der Waals surface area contributed by atoms with Crippen LogP contribution >= 0.6 is 0 Å². The third-order valence-electron chi connectivity index (χ3n) is 1.85. The lowest BCUT2D eigenvalue weighted by molar-refractivity contribution is -0.107. The molecule has 0 saturated heterocycles. The quantitative estimate of drug-likeness (QED) is 0.577. The summed E-state index contributed by atoms with van der Waals surface area (Å²) in [6.07, 6.45) is 4.52. The average Bonchev–Trinajstić information content (AvgIpc) is 2.17. The molecule has 0 bridgehead atoms. The second-order valence-corrected chi connectivity index (χ2v) is 2.96. The largest absolute Gasteiger partial charge is 0.478 e. The van der Waals surface area contributed by atoms with Crippen molar-refractivity contribution in [3.63, 3.8) is 0 Å². The van der Waals surface area contributed by atoms with Gasteiger partial charge in [-0.15, -0.1) is 0 Å². The van der Waals surface area contributed by atoms with Crippen molar-refractivity contribution >= 4 is 24.0 Å². The normalized spacial score (nSPS) is 10.4. The molecule has 0 heterocycles. The molecule has 0 radical (unpaired) electrons. The van der Waals surface area contributed by atoms with Crippen molar-refractivity contribution in [2.75, 3.05) is 5.73 Å². The molecule has 0 spiro atoms. The van der Waals surface area contributed by atoms with Crippen LogP contribution in [0.15, 0.2) is 24.3 Å². The number of nitrogens with two attached hydrogens (primary N) is 1. The molecule has 15 heavy (non-hydrogen) atoms. The highest BCUT2D eigenvalue weighted by atomic mass is 16.4. The molecular weight excluding hydrogens is 194 g/mol. The van der Waals surface area contributed by atoms with Gasteiger partial charge in [-0.2, -0.15) is 0 Å². The Labute approximate surface area is 87.0 Å². The molecule has 3 N–H and O–H groups in total. The minimum Gasteiger partial charge on any atom is -0.478 e. The lowest BCUT2D eigenvalue weighted by Crippen LogP contribution is -2.01. The zero-order valence-electron chi connectivity index (χ0n) is 8.01. The van der Waals surface area contributed by atoms with E-state index in [0.29, 0.717) is 6.42 Å². The summed E-state index contributed by atoms with van der Waals surface area (Å²) >= 11 is 0. The molecule has 1 aromatic carbocycles. The topological polar surface area (TPSA) is 80.4 Å². The maximum atomic E-state index is 10.6. The maximum Gasteiger partial charge on any atom is 0.337 e. The Kier molecular flexibility index (Phi) is 3.62. The average molecular weight is 205 g/mol. The van der Waals surface area contributed by atoms with Crippen molar-refractivity contribution < 1.29 is 14.7 Å². The molecule has 0 fully saturated rings. The predicted octanol–water partition coefficient (Wildman–Crippen LogP) is 1.57. The first-order chi connectivity index (χ1) is 7.15.